The van der Waals surface area contributed by atoms with Crippen molar-refractivity contribution in [2.24, 2.45) is 11.8 Å². The molecule has 0 fully saturated rings. The molecule has 166 valence electrons. The lowest BCUT2D eigenvalue weighted by atomic mass is 9.87. The van der Waals surface area contributed by atoms with Crippen molar-refractivity contribution in [1.29, 1.82) is 0 Å². The van der Waals surface area contributed by atoms with E-state index >= 15 is 0 Å². The minimum atomic E-state index is -1.05. The van der Waals surface area contributed by atoms with Gasteiger partial charge in [0.25, 0.3) is 0 Å². The molecule has 0 unspecified atom stereocenters. The average molecular weight is 418 g/mol. The van der Waals surface area contributed by atoms with Crippen molar-refractivity contribution in [3.63, 3.8) is 0 Å². The summed E-state index contributed by atoms with van der Waals surface area (Å²) in [6, 6.07) is 8.42. The largest absolute Gasteiger partial charge is 0.467 e. The lowest BCUT2D eigenvalue weighted by Gasteiger charge is -2.22. The number of hydrogen-bond acceptors (Lipinski definition) is 5. The number of esters is 1. The first kappa shape index (κ1) is 25.5. The van der Waals surface area contributed by atoms with E-state index in [2.05, 4.69) is 12.2 Å². The molecule has 6 nitrogen and oxygen atoms in total. The average Bonchev–Trinajstić information content (AvgIpc) is 2.72. The van der Waals surface area contributed by atoms with Crippen LogP contribution in [0.3, 0.4) is 0 Å². The summed E-state index contributed by atoms with van der Waals surface area (Å²) in [7, 11) is 1.21. The molecule has 0 radical (unpaired) electrons. The van der Waals surface area contributed by atoms with Crippen molar-refractivity contribution in [1.82, 2.24) is 5.32 Å². The number of benzene rings is 1. The van der Waals surface area contributed by atoms with Gasteiger partial charge in [-0.2, -0.15) is 0 Å². The Hall–Kier alpha value is -2.50. The number of ketones is 2. The van der Waals surface area contributed by atoms with Crippen molar-refractivity contribution in [3.05, 3.63) is 35.9 Å². The standard InChI is InChI=1S/C24H35NO5/c1-5-6-8-11-17(2)22(27)16-20(15-19-12-9-7-10-13-19)23(28)25-21(14-18(3)26)24(29)30-4/h7,9-10,12-13,17,20-21H,5-6,8,11,14-16H2,1-4H3,(H,25,28)/t17-,20+,21-/m0/s1. The van der Waals surface area contributed by atoms with E-state index in [1.165, 1.54) is 14.0 Å². The molecule has 1 rings (SSSR count). The number of carbonyl (C=O) groups is 4. The summed E-state index contributed by atoms with van der Waals surface area (Å²) in [4.78, 5) is 49.2. The molecule has 0 saturated carbocycles. The summed E-state index contributed by atoms with van der Waals surface area (Å²) < 4.78 is 4.71. The highest BCUT2D eigenvalue weighted by molar-refractivity contribution is 5.92. The minimum absolute atomic E-state index is 0.0448. The first-order valence-electron chi connectivity index (χ1n) is 10.7. The van der Waals surface area contributed by atoms with Gasteiger partial charge in [-0.3, -0.25) is 14.4 Å². The Morgan fingerprint density at radius 2 is 1.70 bits per heavy atom. The topological polar surface area (TPSA) is 89.5 Å². The Bertz CT molecular complexity index is 701. The van der Waals surface area contributed by atoms with Crippen LogP contribution in [0.4, 0.5) is 0 Å². The predicted octanol–water partition coefficient (Wildman–Crippen LogP) is 3.66. The van der Waals surface area contributed by atoms with E-state index in [9.17, 15) is 19.2 Å². The van der Waals surface area contributed by atoms with Gasteiger partial charge in [-0.25, -0.2) is 4.79 Å². The van der Waals surface area contributed by atoms with E-state index in [-0.39, 0.29) is 30.3 Å². The van der Waals surface area contributed by atoms with E-state index in [0.29, 0.717) is 6.42 Å². The van der Waals surface area contributed by atoms with Crippen LogP contribution in [0.15, 0.2) is 30.3 Å². The predicted molar refractivity (Wildman–Crippen MR) is 116 cm³/mol. The highest BCUT2D eigenvalue weighted by Crippen LogP contribution is 2.19. The van der Waals surface area contributed by atoms with Crippen LogP contribution in [0, 0.1) is 11.8 Å². The maximum atomic E-state index is 13.0. The molecule has 0 aromatic heterocycles. The van der Waals surface area contributed by atoms with E-state index in [1.54, 1.807) is 0 Å². The molecule has 0 spiro atoms. The summed E-state index contributed by atoms with van der Waals surface area (Å²) in [6.07, 6.45) is 4.31. The summed E-state index contributed by atoms with van der Waals surface area (Å²) in [5.41, 5.74) is 0.935. The van der Waals surface area contributed by atoms with Crippen LogP contribution in [-0.2, 0) is 30.3 Å². The SMILES string of the molecule is CCCCC[C@H](C)C(=O)C[C@@H](Cc1ccccc1)C(=O)N[C@@H](CC(C)=O)C(=O)OC. The molecule has 30 heavy (non-hydrogen) atoms. The minimum Gasteiger partial charge on any atom is -0.467 e. The molecule has 0 aliphatic heterocycles. The second-order valence-corrected chi connectivity index (χ2v) is 7.94. The van der Waals surface area contributed by atoms with Crippen LogP contribution in [0.2, 0.25) is 0 Å². The first-order valence-corrected chi connectivity index (χ1v) is 10.7. The van der Waals surface area contributed by atoms with Crippen LogP contribution in [0.25, 0.3) is 0 Å². The van der Waals surface area contributed by atoms with Crippen molar-refractivity contribution in [3.8, 4) is 0 Å². The molecule has 3 atom stereocenters. The molecular weight excluding hydrogens is 382 g/mol. The second-order valence-electron chi connectivity index (χ2n) is 7.94. The number of hydrogen-bond donors (Lipinski definition) is 1. The normalized spacial score (nSPS) is 13.7. The van der Waals surface area contributed by atoms with Gasteiger partial charge < -0.3 is 10.1 Å². The molecule has 0 bridgehead atoms. The first-order chi connectivity index (χ1) is 14.3. The molecule has 1 amide bonds. The van der Waals surface area contributed by atoms with E-state index < -0.39 is 23.8 Å². The molecule has 0 aliphatic rings. The maximum absolute atomic E-state index is 13.0. The Balaban J connectivity index is 2.92. The van der Waals surface area contributed by atoms with Gasteiger partial charge in [-0.05, 0) is 25.3 Å². The molecule has 0 heterocycles. The molecule has 1 aromatic rings. The summed E-state index contributed by atoms with van der Waals surface area (Å²) in [5.74, 6) is -2.00. The van der Waals surface area contributed by atoms with Crippen molar-refractivity contribution < 1.29 is 23.9 Å². The smallest absolute Gasteiger partial charge is 0.328 e. The van der Waals surface area contributed by atoms with Gasteiger partial charge in [-0.15, -0.1) is 0 Å². The monoisotopic (exact) mass is 417 g/mol. The highest BCUT2D eigenvalue weighted by Gasteiger charge is 2.29. The number of ether oxygens (including phenoxy) is 1. The number of unbranched alkanes of at least 4 members (excludes halogenated alkanes) is 2. The van der Waals surface area contributed by atoms with Gasteiger partial charge in [0.15, 0.2) is 0 Å². The fourth-order valence-corrected chi connectivity index (χ4v) is 3.37. The number of methoxy groups -OCH3 is 1. The second kappa shape index (κ2) is 13.7. The van der Waals surface area contributed by atoms with Crippen molar-refractivity contribution in [2.45, 2.75) is 71.8 Å². The van der Waals surface area contributed by atoms with Crippen LogP contribution in [-0.4, -0.2) is 36.6 Å². The Morgan fingerprint density at radius 3 is 2.27 bits per heavy atom. The molecular formula is C24H35NO5. The third-order valence-corrected chi connectivity index (χ3v) is 5.23. The number of Topliss-reactive ketones (excluding diaryl/α,β-unsaturated/α-hetero) is 2. The zero-order valence-electron chi connectivity index (χ0n) is 18.6. The van der Waals surface area contributed by atoms with Gasteiger partial charge in [0.2, 0.25) is 5.91 Å². The van der Waals surface area contributed by atoms with Crippen LogP contribution < -0.4 is 5.32 Å². The molecule has 6 heteroatoms. The third kappa shape index (κ3) is 9.33. The molecule has 0 saturated heterocycles. The molecule has 0 aliphatic carbocycles. The lowest BCUT2D eigenvalue weighted by Crippen LogP contribution is -2.46. The van der Waals surface area contributed by atoms with Gasteiger partial charge >= 0.3 is 5.97 Å². The van der Waals surface area contributed by atoms with Crippen LogP contribution in [0.5, 0.6) is 0 Å². The Morgan fingerprint density at radius 1 is 1.03 bits per heavy atom. The lowest BCUT2D eigenvalue weighted by molar-refractivity contribution is -0.147. The number of nitrogens with one attached hydrogen (secondary N) is 1. The zero-order chi connectivity index (χ0) is 22.5. The van der Waals surface area contributed by atoms with E-state index in [4.69, 9.17) is 4.74 Å². The van der Waals surface area contributed by atoms with Crippen molar-refractivity contribution in [2.75, 3.05) is 7.11 Å². The molecule has 1 N–H and O–H groups in total. The zero-order valence-corrected chi connectivity index (χ0v) is 18.6. The van der Waals surface area contributed by atoms with Crippen LogP contribution in [0.1, 0.15) is 64.9 Å². The highest BCUT2D eigenvalue weighted by atomic mass is 16.5. The quantitative estimate of drug-likeness (QED) is 0.369. The number of rotatable bonds is 14. The summed E-state index contributed by atoms with van der Waals surface area (Å²) in [6.45, 7) is 5.37. The summed E-state index contributed by atoms with van der Waals surface area (Å²) in [5, 5.41) is 2.63. The summed E-state index contributed by atoms with van der Waals surface area (Å²) >= 11 is 0. The van der Waals surface area contributed by atoms with Crippen molar-refractivity contribution >= 4 is 23.4 Å². The fraction of sp³-hybridized carbons (Fsp3) is 0.583. The number of carbonyl (C=O) groups excluding carboxylic acids is 4. The molecule has 1 aromatic carbocycles. The van der Waals surface area contributed by atoms with E-state index in [1.807, 2.05) is 37.3 Å². The fourth-order valence-electron chi connectivity index (χ4n) is 3.37. The van der Waals surface area contributed by atoms with Crippen LogP contribution >= 0.6 is 0 Å². The van der Waals surface area contributed by atoms with Gasteiger partial charge in [-0.1, -0.05) is 63.4 Å². The third-order valence-electron chi connectivity index (χ3n) is 5.23. The van der Waals surface area contributed by atoms with E-state index in [0.717, 1.165) is 31.2 Å². The van der Waals surface area contributed by atoms with Gasteiger partial charge in [0.1, 0.15) is 17.6 Å². The Labute approximate surface area is 179 Å². The van der Waals surface area contributed by atoms with Gasteiger partial charge in [0, 0.05) is 24.7 Å². The maximum Gasteiger partial charge on any atom is 0.328 e. The van der Waals surface area contributed by atoms with Gasteiger partial charge in [0.05, 0.1) is 7.11 Å². The number of amides is 1. The Kier molecular flexibility index (Phi) is 11.6.